The summed E-state index contributed by atoms with van der Waals surface area (Å²) < 4.78 is 26.0. The number of anilines is 1. The van der Waals surface area contributed by atoms with Crippen LogP contribution in [0.3, 0.4) is 0 Å². The van der Waals surface area contributed by atoms with Gasteiger partial charge < -0.3 is 28.1 Å². The second-order valence-corrected chi connectivity index (χ2v) is 18.5. The summed E-state index contributed by atoms with van der Waals surface area (Å²) in [5.41, 5.74) is 1.49. The van der Waals surface area contributed by atoms with Gasteiger partial charge in [-0.3, -0.25) is 19.5 Å². The van der Waals surface area contributed by atoms with Crippen molar-refractivity contribution in [1.29, 1.82) is 0 Å². The number of benzene rings is 2. The maximum Gasteiger partial charge on any atom is 0.411 e. The number of aromatic nitrogens is 2. The lowest BCUT2D eigenvalue weighted by Crippen LogP contribution is -2.49. The van der Waals surface area contributed by atoms with Gasteiger partial charge in [0.1, 0.15) is 13.2 Å². The summed E-state index contributed by atoms with van der Waals surface area (Å²) in [6, 6.07) is 12.1. The van der Waals surface area contributed by atoms with Crippen molar-refractivity contribution >= 4 is 31.6 Å². The molecule has 3 aromatic rings. The number of nitrogens with zero attached hydrogens (tertiary/aromatic N) is 3. The predicted molar refractivity (Wildman–Crippen MR) is 196 cm³/mol. The summed E-state index contributed by atoms with van der Waals surface area (Å²) >= 11 is 0. The molecule has 0 unspecified atom stereocenters. The normalized spacial score (nSPS) is 14.8. The fourth-order valence-corrected chi connectivity index (χ4v) is 6.27. The first-order valence-corrected chi connectivity index (χ1v) is 19.3. The molecule has 2 heterocycles. The van der Waals surface area contributed by atoms with E-state index in [2.05, 4.69) is 45.8 Å². The Morgan fingerprint density at radius 1 is 1.08 bits per heavy atom. The maximum absolute atomic E-state index is 14.6. The molecule has 1 aliphatic heterocycles. The largest absolute Gasteiger partial charge is 0.493 e. The zero-order valence-corrected chi connectivity index (χ0v) is 31.2. The minimum absolute atomic E-state index is 0.0280. The Bertz CT molecular complexity index is 1870. The van der Waals surface area contributed by atoms with Crippen LogP contribution in [0.2, 0.25) is 18.1 Å². The molecule has 0 fully saturated rings. The van der Waals surface area contributed by atoms with Crippen molar-refractivity contribution in [2.24, 2.45) is 14.1 Å². The van der Waals surface area contributed by atoms with Gasteiger partial charge in [-0.15, -0.1) is 0 Å². The van der Waals surface area contributed by atoms with Crippen LogP contribution in [0.25, 0.3) is 5.57 Å². The van der Waals surface area contributed by atoms with E-state index in [0.717, 1.165) is 10.1 Å². The van der Waals surface area contributed by atoms with E-state index in [9.17, 15) is 19.2 Å². The number of hydrogen-bond acceptors (Lipinski definition) is 8. The molecule has 0 saturated heterocycles. The van der Waals surface area contributed by atoms with Crippen LogP contribution in [-0.2, 0) is 29.9 Å². The fourth-order valence-electron chi connectivity index (χ4n) is 5.25. The van der Waals surface area contributed by atoms with Crippen LogP contribution in [0.5, 0.6) is 11.5 Å². The molecule has 50 heavy (non-hydrogen) atoms. The van der Waals surface area contributed by atoms with Crippen LogP contribution in [0.1, 0.15) is 48.7 Å². The third-order valence-electron chi connectivity index (χ3n) is 9.23. The van der Waals surface area contributed by atoms with E-state index in [-0.39, 0.29) is 42.7 Å². The molecule has 1 N–H and O–H groups in total. The van der Waals surface area contributed by atoms with Gasteiger partial charge in [0.15, 0.2) is 19.8 Å². The highest BCUT2D eigenvalue weighted by Gasteiger charge is 2.39. The van der Waals surface area contributed by atoms with Crippen molar-refractivity contribution in [2.45, 2.75) is 58.0 Å². The minimum Gasteiger partial charge on any atom is -0.493 e. The first kappa shape index (κ1) is 37.9. The summed E-state index contributed by atoms with van der Waals surface area (Å²) in [6.45, 7) is 14.9. The van der Waals surface area contributed by atoms with E-state index in [0.29, 0.717) is 29.1 Å². The Balaban J connectivity index is 1.78. The van der Waals surface area contributed by atoms with Crippen molar-refractivity contribution in [3.8, 4) is 11.5 Å². The SMILES string of the molecule is C=CCOC(=O)Nc1cc(OCc2ccccc2)c(OC)cc1C(=O)N1CCC(c2cn(C)c(=O)n(C)c2=O)=C[C@H]1CO[Si](C)(C)C(C)(C)C. The van der Waals surface area contributed by atoms with E-state index >= 15 is 0 Å². The lowest BCUT2D eigenvalue weighted by molar-refractivity contribution is 0.0654. The number of aryl methyl sites for hydroxylation is 1. The first-order valence-electron chi connectivity index (χ1n) is 16.4. The third-order valence-corrected chi connectivity index (χ3v) is 13.7. The number of amides is 2. The molecule has 0 bridgehead atoms. The highest BCUT2D eigenvalue weighted by atomic mass is 28.4. The maximum atomic E-state index is 14.6. The molecule has 1 aromatic heterocycles. The van der Waals surface area contributed by atoms with Gasteiger partial charge in [0.05, 0.1) is 36.6 Å². The average Bonchev–Trinajstić information content (AvgIpc) is 3.09. The van der Waals surface area contributed by atoms with Gasteiger partial charge >= 0.3 is 11.8 Å². The van der Waals surface area contributed by atoms with E-state index in [1.54, 1.807) is 24.1 Å². The standard InChI is InChI=1S/C37H48N4O8Si/c1-10-18-47-35(44)38-30-21-32(48-23-25-14-12-11-13-15-25)31(46-7)20-28(30)34(43)41-17-16-26(29-22-39(5)36(45)40(6)33(29)42)19-27(41)24-49-50(8,9)37(2,3)4/h10-15,19-22,27H,1,16-18,23-24H2,2-9H3,(H,38,44)/t27-/m0/s1. The summed E-state index contributed by atoms with van der Waals surface area (Å²) in [5, 5.41) is 2.60. The van der Waals surface area contributed by atoms with Gasteiger partial charge in [-0.2, -0.15) is 0 Å². The van der Waals surface area contributed by atoms with Gasteiger partial charge in [0, 0.05) is 32.9 Å². The number of hydrogen-bond donors (Lipinski definition) is 1. The molecular weight excluding hydrogens is 657 g/mol. The molecule has 4 rings (SSSR count). The topological polar surface area (TPSA) is 130 Å². The third kappa shape index (κ3) is 8.63. The average molecular weight is 705 g/mol. The predicted octanol–water partition coefficient (Wildman–Crippen LogP) is 5.73. The molecular formula is C37H48N4O8Si. The van der Waals surface area contributed by atoms with Crippen LogP contribution >= 0.6 is 0 Å². The number of ether oxygens (including phenoxy) is 3. The summed E-state index contributed by atoms with van der Waals surface area (Å²) in [7, 11) is 2.24. The van der Waals surface area contributed by atoms with Crippen LogP contribution in [-0.4, -0.2) is 67.3 Å². The van der Waals surface area contributed by atoms with E-state index in [4.69, 9.17) is 18.6 Å². The van der Waals surface area contributed by atoms with Crippen molar-refractivity contribution < 1.29 is 28.2 Å². The van der Waals surface area contributed by atoms with Crippen molar-refractivity contribution in [1.82, 2.24) is 14.0 Å². The Labute approximate surface area is 294 Å². The summed E-state index contributed by atoms with van der Waals surface area (Å²) in [6.07, 6.45) is 4.42. The zero-order chi connectivity index (χ0) is 36.8. The summed E-state index contributed by atoms with van der Waals surface area (Å²) in [5.74, 6) is 0.214. The molecule has 0 saturated carbocycles. The Kier molecular flexibility index (Phi) is 12.0. The van der Waals surface area contributed by atoms with Crippen LogP contribution in [0.4, 0.5) is 10.5 Å². The Morgan fingerprint density at radius 2 is 1.78 bits per heavy atom. The molecule has 13 heteroatoms. The molecule has 12 nitrogen and oxygen atoms in total. The molecule has 1 aliphatic rings. The Hall–Kier alpha value is -4.88. The van der Waals surface area contributed by atoms with Gasteiger partial charge in [0.2, 0.25) is 0 Å². The number of nitrogens with one attached hydrogen (secondary N) is 1. The fraction of sp³-hybridized carbons (Fsp3) is 0.405. The quantitative estimate of drug-likeness (QED) is 0.187. The van der Waals surface area contributed by atoms with Crippen molar-refractivity contribution in [3.63, 3.8) is 0 Å². The monoisotopic (exact) mass is 704 g/mol. The zero-order valence-electron chi connectivity index (χ0n) is 30.2. The Morgan fingerprint density at radius 3 is 2.42 bits per heavy atom. The van der Waals surface area contributed by atoms with Crippen molar-refractivity contribution in [3.05, 3.63) is 105 Å². The highest BCUT2D eigenvalue weighted by molar-refractivity contribution is 6.74. The minimum atomic E-state index is -2.27. The molecule has 268 valence electrons. The number of rotatable bonds is 12. The lowest BCUT2D eigenvalue weighted by atomic mass is 9.96. The van der Waals surface area contributed by atoms with Gasteiger partial charge in [-0.05, 0) is 41.8 Å². The van der Waals surface area contributed by atoms with E-state index in [1.165, 1.54) is 31.0 Å². The van der Waals surface area contributed by atoms with E-state index < -0.39 is 37.6 Å². The van der Waals surface area contributed by atoms with Crippen LogP contribution < -0.4 is 26.0 Å². The second-order valence-electron chi connectivity index (χ2n) is 13.7. The number of carbonyl (C=O) groups is 2. The molecule has 1 atom stereocenters. The van der Waals surface area contributed by atoms with Gasteiger partial charge in [-0.25, -0.2) is 9.59 Å². The van der Waals surface area contributed by atoms with Crippen molar-refractivity contribution in [2.75, 3.05) is 32.2 Å². The first-order chi connectivity index (χ1) is 23.6. The molecule has 2 aromatic carbocycles. The second kappa shape index (κ2) is 15.8. The van der Waals surface area contributed by atoms with Gasteiger partial charge in [0.25, 0.3) is 11.5 Å². The molecule has 0 spiro atoms. The van der Waals surface area contributed by atoms with E-state index in [1.807, 2.05) is 36.4 Å². The lowest BCUT2D eigenvalue weighted by Gasteiger charge is -2.40. The molecule has 2 amide bonds. The number of methoxy groups -OCH3 is 1. The summed E-state index contributed by atoms with van der Waals surface area (Å²) in [4.78, 5) is 54.7. The number of carbonyl (C=O) groups excluding carboxylic acids is 2. The molecule has 0 aliphatic carbocycles. The van der Waals surface area contributed by atoms with Crippen LogP contribution in [0.15, 0.2) is 77.0 Å². The smallest absolute Gasteiger partial charge is 0.411 e. The molecule has 0 radical (unpaired) electrons. The van der Waals surface area contributed by atoms with Gasteiger partial charge in [-0.1, -0.05) is 69.8 Å². The highest BCUT2D eigenvalue weighted by Crippen LogP contribution is 2.39. The van der Waals surface area contributed by atoms with Crippen LogP contribution in [0, 0.1) is 0 Å².